The predicted octanol–water partition coefficient (Wildman–Crippen LogP) is 7.80. The number of hydrogen-bond acceptors (Lipinski definition) is 3. The van der Waals surface area contributed by atoms with E-state index in [1.165, 1.54) is 17.7 Å². The standard InChI is InChI=1S/C30H33FO3/c1-3-21(2)20-33-27-18-14-23(15-19-27)22-8-10-25(11-9-22)30(32)34-29-7-5-4-6-28(29)24-12-16-26(31)17-13-24/h4-7,12-19,21-22,25H,3,8-11,20H2,1-2H3. The van der Waals surface area contributed by atoms with Crippen molar-refractivity contribution in [1.82, 2.24) is 0 Å². The predicted molar refractivity (Wildman–Crippen MR) is 134 cm³/mol. The Labute approximate surface area is 201 Å². The number of ether oxygens (including phenoxy) is 2. The highest BCUT2D eigenvalue weighted by Crippen LogP contribution is 2.38. The molecule has 3 aromatic carbocycles. The van der Waals surface area contributed by atoms with Crippen molar-refractivity contribution in [3.8, 4) is 22.6 Å². The molecule has 0 aliphatic heterocycles. The molecule has 3 nitrogen and oxygen atoms in total. The highest BCUT2D eigenvalue weighted by atomic mass is 19.1. The Morgan fingerprint density at radius 1 is 0.941 bits per heavy atom. The fourth-order valence-electron chi connectivity index (χ4n) is 4.47. The lowest BCUT2D eigenvalue weighted by molar-refractivity contribution is -0.140. The number of carbonyl (C=O) groups excluding carboxylic acids is 1. The van der Waals surface area contributed by atoms with Gasteiger partial charge < -0.3 is 9.47 Å². The fourth-order valence-corrected chi connectivity index (χ4v) is 4.47. The van der Waals surface area contributed by atoms with E-state index in [0.29, 0.717) is 17.6 Å². The highest BCUT2D eigenvalue weighted by molar-refractivity contribution is 5.79. The normalized spacial score (nSPS) is 18.8. The molecule has 1 unspecified atom stereocenters. The van der Waals surface area contributed by atoms with E-state index in [-0.39, 0.29) is 17.7 Å². The number of para-hydroxylation sites is 1. The van der Waals surface area contributed by atoms with Crippen LogP contribution in [0, 0.1) is 17.7 Å². The lowest BCUT2D eigenvalue weighted by atomic mass is 9.79. The lowest BCUT2D eigenvalue weighted by Gasteiger charge is -2.28. The van der Waals surface area contributed by atoms with E-state index in [9.17, 15) is 9.18 Å². The van der Waals surface area contributed by atoms with Gasteiger partial charge in [-0.2, -0.15) is 0 Å². The van der Waals surface area contributed by atoms with Crippen LogP contribution in [0.2, 0.25) is 0 Å². The van der Waals surface area contributed by atoms with Crippen molar-refractivity contribution >= 4 is 5.97 Å². The first-order chi connectivity index (χ1) is 16.5. The van der Waals surface area contributed by atoms with Gasteiger partial charge in [0.25, 0.3) is 0 Å². The van der Waals surface area contributed by atoms with Crippen molar-refractivity contribution in [2.45, 2.75) is 51.9 Å². The second kappa shape index (κ2) is 11.3. The van der Waals surface area contributed by atoms with Crippen LogP contribution in [0.3, 0.4) is 0 Å². The molecule has 34 heavy (non-hydrogen) atoms. The van der Waals surface area contributed by atoms with Crippen LogP contribution in [0.4, 0.5) is 4.39 Å². The first-order valence-electron chi connectivity index (χ1n) is 12.3. The summed E-state index contributed by atoms with van der Waals surface area (Å²) in [6, 6.07) is 22.1. The number of esters is 1. The minimum Gasteiger partial charge on any atom is -0.493 e. The summed E-state index contributed by atoms with van der Waals surface area (Å²) in [5.74, 6) is 1.88. The third-order valence-electron chi connectivity index (χ3n) is 6.90. The molecule has 0 amide bonds. The van der Waals surface area contributed by atoms with Gasteiger partial charge in [-0.1, -0.05) is 62.7 Å². The Morgan fingerprint density at radius 2 is 1.62 bits per heavy atom. The molecule has 0 saturated heterocycles. The summed E-state index contributed by atoms with van der Waals surface area (Å²) in [7, 11) is 0. The zero-order valence-corrected chi connectivity index (χ0v) is 20.0. The molecular weight excluding hydrogens is 427 g/mol. The van der Waals surface area contributed by atoms with Gasteiger partial charge >= 0.3 is 5.97 Å². The average Bonchev–Trinajstić information content (AvgIpc) is 2.88. The first kappa shape index (κ1) is 24.0. The largest absolute Gasteiger partial charge is 0.493 e. The molecule has 0 spiro atoms. The molecule has 1 atom stereocenters. The maximum Gasteiger partial charge on any atom is 0.314 e. The summed E-state index contributed by atoms with van der Waals surface area (Å²) in [5.41, 5.74) is 2.93. The summed E-state index contributed by atoms with van der Waals surface area (Å²) in [6.07, 6.45) is 4.67. The number of benzene rings is 3. The van der Waals surface area contributed by atoms with Crippen LogP contribution >= 0.6 is 0 Å². The quantitative estimate of drug-likeness (QED) is 0.254. The van der Waals surface area contributed by atoms with E-state index in [1.54, 1.807) is 18.2 Å². The summed E-state index contributed by atoms with van der Waals surface area (Å²) >= 11 is 0. The zero-order valence-electron chi connectivity index (χ0n) is 20.0. The maximum atomic E-state index is 13.3. The zero-order chi connectivity index (χ0) is 23.9. The first-order valence-corrected chi connectivity index (χ1v) is 12.3. The van der Waals surface area contributed by atoms with E-state index in [0.717, 1.165) is 55.6 Å². The molecule has 0 heterocycles. The van der Waals surface area contributed by atoms with Crippen molar-refractivity contribution in [2.75, 3.05) is 6.61 Å². The van der Waals surface area contributed by atoms with Gasteiger partial charge in [-0.05, 0) is 79.0 Å². The van der Waals surface area contributed by atoms with E-state index in [2.05, 4.69) is 38.1 Å². The molecule has 3 aromatic rings. The van der Waals surface area contributed by atoms with E-state index in [1.807, 2.05) is 18.2 Å². The topological polar surface area (TPSA) is 35.5 Å². The van der Waals surface area contributed by atoms with Gasteiger partial charge in [-0.25, -0.2) is 4.39 Å². The molecule has 178 valence electrons. The van der Waals surface area contributed by atoms with Crippen molar-refractivity contribution in [2.24, 2.45) is 11.8 Å². The van der Waals surface area contributed by atoms with Crippen LogP contribution in [0.1, 0.15) is 57.4 Å². The van der Waals surface area contributed by atoms with Crippen molar-refractivity contribution in [3.63, 3.8) is 0 Å². The van der Waals surface area contributed by atoms with Gasteiger partial charge in [0, 0.05) is 5.56 Å². The van der Waals surface area contributed by atoms with Gasteiger partial charge in [-0.3, -0.25) is 4.79 Å². The highest BCUT2D eigenvalue weighted by Gasteiger charge is 2.29. The van der Waals surface area contributed by atoms with E-state index < -0.39 is 0 Å². The smallest absolute Gasteiger partial charge is 0.314 e. The van der Waals surface area contributed by atoms with Crippen molar-refractivity contribution < 1.29 is 18.7 Å². The SMILES string of the molecule is CCC(C)COc1ccc(C2CCC(C(=O)Oc3ccccc3-c3ccc(F)cc3)CC2)cc1. The Kier molecular flexibility index (Phi) is 7.99. The van der Waals surface area contributed by atoms with Crippen LogP contribution in [0.15, 0.2) is 72.8 Å². The summed E-state index contributed by atoms with van der Waals surface area (Å²) in [5, 5.41) is 0. The Morgan fingerprint density at radius 3 is 2.29 bits per heavy atom. The van der Waals surface area contributed by atoms with E-state index >= 15 is 0 Å². The number of halogens is 1. The third-order valence-corrected chi connectivity index (χ3v) is 6.90. The average molecular weight is 461 g/mol. The van der Waals surface area contributed by atoms with Gasteiger partial charge in [0.15, 0.2) is 0 Å². The van der Waals surface area contributed by atoms with Crippen LogP contribution in [-0.4, -0.2) is 12.6 Å². The monoisotopic (exact) mass is 460 g/mol. The molecule has 1 saturated carbocycles. The minimum atomic E-state index is -0.289. The molecule has 0 aromatic heterocycles. The van der Waals surface area contributed by atoms with Crippen molar-refractivity contribution in [3.05, 3.63) is 84.2 Å². The third kappa shape index (κ3) is 6.05. The molecule has 0 N–H and O–H groups in total. The van der Waals surface area contributed by atoms with Gasteiger partial charge in [0.2, 0.25) is 0 Å². The Hall–Kier alpha value is -3.14. The van der Waals surface area contributed by atoms with Crippen molar-refractivity contribution in [1.29, 1.82) is 0 Å². The molecule has 4 heteroatoms. The molecule has 0 bridgehead atoms. The van der Waals surface area contributed by atoms with Crippen LogP contribution < -0.4 is 9.47 Å². The molecule has 1 aliphatic carbocycles. The molecule has 0 radical (unpaired) electrons. The second-order valence-corrected chi connectivity index (χ2v) is 9.37. The molecular formula is C30H33FO3. The molecule has 1 aliphatic rings. The number of carbonyl (C=O) groups is 1. The Balaban J connectivity index is 1.33. The number of rotatable bonds is 8. The summed E-state index contributed by atoms with van der Waals surface area (Å²) in [4.78, 5) is 12.9. The van der Waals surface area contributed by atoms with Gasteiger partial charge in [0.05, 0.1) is 12.5 Å². The molecule has 1 fully saturated rings. The maximum absolute atomic E-state index is 13.3. The Bertz CT molecular complexity index is 1070. The second-order valence-electron chi connectivity index (χ2n) is 9.37. The van der Waals surface area contributed by atoms with Crippen LogP contribution in [0.25, 0.3) is 11.1 Å². The number of hydrogen-bond donors (Lipinski definition) is 0. The van der Waals surface area contributed by atoms with Crippen LogP contribution in [0.5, 0.6) is 11.5 Å². The minimum absolute atomic E-state index is 0.101. The lowest BCUT2D eigenvalue weighted by Crippen LogP contribution is -2.25. The van der Waals surface area contributed by atoms with Gasteiger partial charge in [-0.15, -0.1) is 0 Å². The molecule has 4 rings (SSSR count). The van der Waals surface area contributed by atoms with Crippen LogP contribution in [-0.2, 0) is 4.79 Å². The van der Waals surface area contributed by atoms with Gasteiger partial charge in [0.1, 0.15) is 17.3 Å². The summed E-state index contributed by atoms with van der Waals surface area (Å²) < 4.78 is 25.0. The fraction of sp³-hybridized carbons (Fsp3) is 0.367. The summed E-state index contributed by atoms with van der Waals surface area (Å²) in [6.45, 7) is 5.11. The van der Waals surface area contributed by atoms with E-state index in [4.69, 9.17) is 9.47 Å².